The first-order chi connectivity index (χ1) is 9.81. The van der Waals surface area contributed by atoms with E-state index in [0.717, 1.165) is 24.9 Å². The van der Waals surface area contributed by atoms with Crippen LogP contribution in [0.3, 0.4) is 0 Å². The van der Waals surface area contributed by atoms with Crippen molar-refractivity contribution in [3.05, 3.63) is 0 Å². The van der Waals surface area contributed by atoms with E-state index >= 15 is 0 Å². The Morgan fingerprint density at radius 1 is 1.19 bits per heavy atom. The Bertz CT molecular complexity index is 407. The van der Waals surface area contributed by atoms with Crippen LogP contribution in [-0.4, -0.2) is 36.6 Å². The smallest absolute Gasteiger partial charge is 0.320 e. The molecule has 3 atom stereocenters. The molecule has 0 spiro atoms. The number of carbonyl (C=O) groups excluding carboxylic acids is 1. The summed E-state index contributed by atoms with van der Waals surface area (Å²) < 4.78 is 6.01. The van der Waals surface area contributed by atoms with Crippen LogP contribution in [0.2, 0.25) is 0 Å². The van der Waals surface area contributed by atoms with Gasteiger partial charge in [0.15, 0.2) is 0 Å². The fourth-order valence-corrected chi connectivity index (χ4v) is 5.12. The monoisotopic (exact) mass is 293 g/mol. The van der Waals surface area contributed by atoms with Crippen molar-refractivity contribution < 1.29 is 9.53 Å². The number of nitrogens with zero attached hydrogens (tertiary/aromatic N) is 1. The van der Waals surface area contributed by atoms with Crippen molar-refractivity contribution in [3.63, 3.8) is 0 Å². The maximum atomic E-state index is 12.4. The number of rotatable bonds is 3. The van der Waals surface area contributed by atoms with Crippen molar-refractivity contribution in [2.24, 2.45) is 22.7 Å². The number of hydrogen-bond acceptors (Lipinski definition) is 3. The van der Waals surface area contributed by atoms with Crippen LogP contribution < -0.4 is 0 Å². The minimum Gasteiger partial charge on any atom is -0.460 e. The molecule has 0 unspecified atom stereocenters. The molecule has 3 fully saturated rings. The average molecular weight is 293 g/mol. The molecule has 1 aliphatic heterocycles. The molecule has 0 amide bonds. The summed E-state index contributed by atoms with van der Waals surface area (Å²) in [5, 5.41) is 0. The quantitative estimate of drug-likeness (QED) is 0.746. The highest BCUT2D eigenvalue weighted by Crippen LogP contribution is 2.63. The maximum Gasteiger partial charge on any atom is 0.320 e. The van der Waals surface area contributed by atoms with E-state index in [9.17, 15) is 4.79 Å². The summed E-state index contributed by atoms with van der Waals surface area (Å²) in [4.78, 5) is 14.7. The predicted octanol–water partition coefficient (Wildman–Crippen LogP) is 3.48. The summed E-state index contributed by atoms with van der Waals surface area (Å²) in [6.45, 7) is 11.8. The van der Waals surface area contributed by atoms with Gasteiger partial charge in [-0.25, -0.2) is 0 Å². The highest BCUT2D eigenvalue weighted by molar-refractivity contribution is 5.72. The van der Waals surface area contributed by atoms with Gasteiger partial charge in [0.25, 0.3) is 0 Å². The van der Waals surface area contributed by atoms with E-state index in [1.54, 1.807) is 0 Å². The molecule has 0 aromatic rings. The van der Waals surface area contributed by atoms with E-state index in [-0.39, 0.29) is 22.9 Å². The molecule has 21 heavy (non-hydrogen) atoms. The lowest BCUT2D eigenvalue weighted by molar-refractivity contribution is -0.166. The summed E-state index contributed by atoms with van der Waals surface area (Å²) in [5.74, 6) is 1.54. The lowest BCUT2D eigenvalue weighted by Crippen LogP contribution is -2.46. The third-order valence-corrected chi connectivity index (χ3v) is 6.62. The van der Waals surface area contributed by atoms with Gasteiger partial charge in [0.1, 0.15) is 6.10 Å². The Hall–Kier alpha value is -0.570. The first kappa shape index (κ1) is 15.3. The number of ether oxygens (including phenoxy) is 1. The Morgan fingerprint density at radius 3 is 2.43 bits per heavy atom. The van der Waals surface area contributed by atoms with Crippen LogP contribution in [0.1, 0.15) is 59.8 Å². The molecule has 2 aliphatic carbocycles. The summed E-state index contributed by atoms with van der Waals surface area (Å²) in [6.07, 6.45) is 6.30. The van der Waals surface area contributed by atoms with Gasteiger partial charge in [-0.15, -0.1) is 0 Å². The Labute approximate surface area is 129 Å². The second-order valence-electron chi connectivity index (χ2n) is 8.74. The Balaban J connectivity index is 1.57. The van der Waals surface area contributed by atoms with Crippen LogP contribution in [0.4, 0.5) is 0 Å². The molecule has 2 bridgehead atoms. The van der Waals surface area contributed by atoms with Crippen molar-refractivity contribution in [3.8, 4) is 0 Å². The van der Waals surface area contributed by atoms with Gasteiger partial charge in [0.05, 0.1) is 6.54 Å². The molecule has 0 aromatic carbocycles. The molecule has 3 heteroatoms. The van der Waals surface area contributed by atoms with Gasteiger partial charge in [0, 0.05) is 10.8 Å². The summed E-state index contributed by atoms with van der Waals surface area (Å²) in [7, 11) is 0. The normalized spacial score (nSPS) is 39.6. The number of esters is 1. The lowest BCUT2D eigenvalue weighted by atomic mass is 9.70. The summed E-state index contributed by atoms with van der Waals surface area (Å²) >= 11 is 0. The van der Waals surface area contributed by atoms with Crippen LogP contribution in [0, 0.1) is 22.7 Å². The molecule has 3 aliphatic rings. The van der Waals surface area contributed by atoms with Gasteiger partial charge in [0.2, 0.25) is 0 Å². The maximum absolute atomic E-state index is 12.4. The predicted molar refractivity (Wildman–Crippen MR) is 83.9 cm³/mol. The van der Waals surface area contributed by atoms with Gasteiger partial charge in [-0.3, -0.25) is 9.69 Å². The van der Waals surface area contributed by atoms with Crippen molar-refractivity contribution >= 4 is 5.97 Å². The van der Waals surface area contributed by atoms with Gasteiger partial charge < -0.3 is 4.74 Å². The molecule has 0 N–H and O–H groups in total. The second-order valence-corrected chi connectivity index (χ2v) is 8.74. The van der Waals surface area contributed by atoms with E-state index < -0.39 is 0 Å². The standard InChI is InChI=1S/C18H31NO2/c1-13-6-9-19(10-7-13)12-15(20)21-16-17(2,3)14-5-8-18(16,4)11-14/h13-14,16H,5-12H2,1-4H3/t14-,16-,18+/m0/s1. The van der Waals surface area contributed by atoms with E-state index in [1.165, 1.54) is 32.1 Å². The molecule has 2 saturated carbocycles. The molecule has 0 radical (unpaired) electrons. The average Bonchev–Trinajstić information content (AvgIpc) is 2.89. The fraction of sp³-hybridized carbons (Fsp3) is 0.944. The lowest BCUT2D eigenvalue weighted by Gasteiger charge is -2.42. The first-order valence-corrected chi connectivity index (χ1v) is 8.73. The number of carbonyl (C=O) groups is 1. The van der Waals surface area contributed by atoms with E-state index in [2.05, 4.69) is 32.6 Å². The van der Waals surface area contributed by atoms with Gasteiger partial charge in [-0.2, -0.15) is 0 Å². The largest absolute Gasteiger partial charge is 0.460 e. The molecular weight excluding hydrogens is 262 g/mol. The van der Waals surface area contributed by atoms with Crippen molar-refractivity contribution in [1.29, 1.82) is 0 Å². The molecule has 0 aromatic heterocycles. The van der Waals surface area contributed by atoms with E-state index in [0.29, 0.717) is 6.54 Å². The molecule has 3 rings (SSSR count). The zero-order valence-corrected chi connectivity index (χ0v) is 14.2. The van der Waals surface area contributed by atoms with Crippen LogP contribution >= 0.6 is 0 Å². The van der Waals surface area contributed by atoms with Crippen LogP contribution in [0.15, 0.2) is 0 Å². The van der Waals surface area contributed by atoms with E-state index in [1.807, 2.05) is 0 Å². The fourth-order valence-electron chi connectivity index (χ4n) is 5.12. The Kier molecular flexibility index (Phi) is 3.84. The highest BCUT2D eigenvalue weighted by atomic mass is 16.5. The van der Waals surface area contributed by atoms with Crippen LogP contribution in [-0.2, 0) is 9.53 Å². The summed E-state index contributed by atoms with van der Waals surface area (Å²) in [6, 6.07) is 0. The molecule has 3 nitrogen and oxygen atoms in total. The Morgan fingerprint density at radius 2 is 1.86 bits per heavy atom. The highest BCUT2D eigenvalue weighted by Gasteiger charge is 2.61. The third-order valence-electron chi connectivity index (χ3n) is 6.62. The van der Waals surface area contributed by atoms with Crippen LogP contribution in [0.5, 0.6) is 0 Å². The van der Waals surface area contributed by atoms with Gasteiger partial charge in [-0.05, 0) is 57.0 Å². The van der Waals surface area contributed by atoms with Crippen molar-refractivity contribution in [2.75, 3.05) is 19.6 Å². The second kappa shape index (κ2) is 5.26. The third kappa shape index (κ3) is 2.74. The minimum absolute atomic E-state index is 0.00333. The molecular formula is C18H31NO2. The van der Waals surface area contributed by atoms with Crippen molar-refractivity contribution in [1.82, 2.24) is 4.90 Å². The zero-order valence-electron chi connectivity index (χ0n) is 14.2. The molecule has 1 saturated heterocycles. The van der Waals surface area contributed by atoms with Gasteiger partial charge in [-0.1, -0.05) is 27.7 Å². The summed E-state index contributed by atoms with van der Waals surface area (Å²) in [5.41, 5.74) is 0.374. The number of piperidine rings is 1. The molecule has 1 heterocycles. The number of fused-ring (bicyclic) bond motifs is 2. The molecule has 120 valence electrons. The number of hydrogen-bond donors (Lipinski definition) is 0. The SMILES string of the molecule is CC1CCN(CC(=O)O[C@H]2C(C)(C)[C@H]3CC[C@]2(C)C3)CC1. The van der Waals surface area contributed by atoms with E-state index in [4.69, 9.17) is 4.74 Å². The van der Waals surface area contributed by atoms with Crippen molar-refractivity contribution in [2.45, 2.75) is 65.9 Å². The minimum atomic E-state index is -0.00333. The van der Waals surface area contributed by atoms with Gasteiger partial charge >= 0.3 is 5.97 Å². The zero-order chi connectivity index (χ0) is 15.3. The first-order valence-electron chi connectivity index (χ1n) is 8.73. The number of likely N-dealkylation sites (tertiary alicyclic amines) is 1. The topological polar surface area (TPSA) is 29.5 Å². The van der Waals surface area contributed by atoms with Crippen LogP contribution in [0.25, 0.3) is 0 Å².